The van der Waals surface area contributed by atoms with Crippen molar-refractivity contribution in [1.82, 2.24) is 4.90 Å². The molecule has 2 atom stereocenters. The van der Waals surface area contributed by atoms with Crippen molar-refractivity contribution in [3.8, 4) is 0 Å². The van der Waals surface area contributed by atoms with E-state index in [4.69, 9.17) is 0 Å². The van der Waals surface area contributed by atoms with E-state index in [-0.39, 0.29) is 18.4 Å². The van der Waals surface area contributed by atoms with Crippen molar-refractivity contribution < 1.29 is 18.3 Å². The second kappa shape index (κ2) is 5.14. The van der Waals surface area contributed by atoms with Crippen LogP contribution in [-0.4, -0.2) is 41.9 Å². The molecule has 1 fully saturated rings. The van der Waals surface area contributed by atoms with Gasteiger partial charge in [0, 0.05) is 13.1 Å². The van der Waals surface area contributed by atoms with Crippen LogP contribution in [0.4, 0.5) is 13.2 Å². The molecular weight excluding hydrogens is 231 g/mol. The van der Waals surface area contributed by atoms with E-state index in [0.717, 1.165) is 0 Å². The van der Waals surface area contributed by atoms with Gasteiger partial charge in [-0.3, -0.25) is 0 Å². The van der Waals surface area contributed by atoms with Gasteiger partial charge in [0.25, 0.3) is 0 Å². The second-order valence-corrected chi connectivity index (χ2v) is 6.02. The van der Waals surface area contributed by atoms with Gasteiger partial charge in [0.2, 0.25) is 0 Å². The van der Waals surface area contributed by atoms with Crippen LogP contribution in [0, 0.1) is 11.3 Å². The van der Waals surface area contributed by atoms with E-state index in [0.29, 0.717) is 19.5 Å². The van der Waals surface area contributed by atoms with Gasteiger partial charge in [-0.1, -0.05) is 20.8 Å². The van der Waals surface area contributed by atoms with Crippen LogP contribution in [0.5, 0.6) is 0 Å². The predicted molar refractivity (Wildman–Crippen MR) is 60.7 cm³/mol. The van der Waals surface area contributed by atoms with Gasteiger partial charge in [0.05, 0.1) is 12.0 Å². The van der Waals surface area contributed by atoms with Crippen LogP contribution in [-0.2, 0) is 0 Å². The molecule has 5 heteroatoms. The minimum absolute atomic E-state index is 0.0244. The number of piperidine rings is 1. The zero-order valence-corrected chi connectivity index (χ0v) is 10.7. The third kappa shape index (κ3) is 4.47. The largest absolute Gasteiger partial charge is 0.393 e. The van der Waals surface area contributed by atoms with Crippen molar-refractivity contribution in [2.45, 2.75) is 45.9 Å². The second-order valence-electron chi connectivity index (χ2n) is 6.02. The number of aliphatic hydroxyl groups excluding tert-OH is 1. The SMILES string of the molecule is CC(C)(C)C(O)CN1CCCC(C(F)(F)F)C1. The Labute approximate surface area is 101 Å². The number of hydrogen-bond donors (Lipinski definition) is 1. The zero-order valence-electron chi connectivity index (χ0n) is 10.7. The van der Waals surface area contributed by atoms with Crippen LogP contribution in [0.3, 0.4) is 0 Å². The van der Waals surface area contributed by atoms with Crippen LogP contribution in [0.25, 0.3) is 0 Å². The quantitative estimate of drug-likeness (QED) is 0.818. The molecule has 0 amide bonds. The standard InChI is InChI=1S/C12H22F3NO/c1-11(2,3)10(17)8-16-6-4-5-9(7-16)12(13,14)15/h9-10,17H,4-8H2,1-3H3. The summed E-state index contributed by atoms with van der Waals surface area (Å²) in [5.41, 5.74) is -0.287. The summed E-state index contributed by atoms with van der Waals surface area (Å²) in [6.07, 6.45) is -3.92. The fourth-order valence-corrected chi connectivity index (χ4v) is 2.01. The van der Waals surface area contributed by atoms with Crippen LogP contribution >= 0.6 is 0 Å². The van der Waals surface area contributed by atoms with E-state index in [9.17, 15) is 18.3 Å². The van der Waals surface area contributed by atoms with E-state index in [1.807, 2.05) is 20.8 Å². The molecule has 0 aromatic carbocycles. The number of β-amino-alcohol motifs (C(OH)–C–C–N with tert-alkyl or cyclic N) is 1. The molecule has 1 aliphatic rings. The first-order valence-electron chi connectivity index (χ1n) is 6.08. The highest BCUT2D eigenvalue weighted by atomic mass is 19.4. The summed E-state index contributed by atoms with van der Waals surface area (Å²) in [7, 11) is 0. The smallest absolute Gasteiger partial charge is 0.391 e. The van der Waals surface area contributed by atoms with Gasteiger partial charge >= 0.3 is 6.18 Å². The Kier molecular flexibility index (Phi) is 4.47. The number of nitrogens with zero attached hydrogens (tertiary/aromatic N) is 1. The summed E-state index contributed by atoms with van der Waals surface area (Å²) in [5, 5.41) is 9.90. The number of halogens is 3. The molecule has 1 saturated heterocycles. The molecule has 0 bridgehead atoms. The van der Waals surface area contributed by atoms with Gasteiger partial charge in [-0.05, 0) is 24.8 Å². The molecule has 1 heterocycles. The molecule has 0 aromatic heterocycles. The van der Waals surface area contributed by atoms with Gasteiger partial charge in [-0.15, -0.1) is 0 Å². The third-order valence-corrected chi connectivity index (χ3v) is 3.40. The monoisotopic (exact) mass is 253 g/mol. The maximum atomic E-state index is 12.6. The molecule has 1 aliphatic heterocycles. The molecular formula is C12H22F3NO. The van der Waals surface area contributed by atoms with Crippen molar-refractivity contribution in [2.75, 3.05) is 19.6 Å². The minimum atomic E-state index is -4.11. The lowest BCUT2D eigenvalue weighted by atomic mass is 9.88. The van der Waals surface area contributed by atoms with Gasteiger partial charge in [-0.25, -0.2) is 0 Å². The van der Waals surface area contributed by atoms with Crippen LogP contribution < -0.4 is 0 Å². The van der Waals surface area contributed by atoms with Gasteiger partial charge in [0.15, 0.2) is 0 Å². The summed E-state index contributed by atoms with van der Waals surface area (Å²) in [5.74, 6) is -1.23. The van der Waals surface area contributed by atoms with Crippen molar-refractivity contribution >= 4 is 0 Å². The van der Waals surface area contributed by atoms with Crippen LogP contribution in [0.2, 0.25) is 0 Å². The lowest BCUT2D eigenvalue weighted by molar-refractivity contribution is -0.188. The minimum Gasteiger partial charge on any atom is -0.391 e. The normalized spacial score (nSPS) is 25.9. The maximum Gasteiger partial charge on any atom is 0.393 e. The van der Waals surface area contributed by atoms with Crippen LogP contribution in [0.15, 0.2) is 0 Å². The first-order chi connectivity index (χ1) is 7.60. The molecule has 17 heavy (non-hydrogen) atoms. The Bertz CT molecular complexity index is 245. The summed E-state index contributed by atoms with van der Waals surface area (Å²) in [6.45, 7) is 6.68. The summed E-state index contributed by atoms with van der Waals surface area (Å²) in [4.78, 5) is 1.73. The number of aliphatic hydroxyl groups is 1. The van der Waals surface area contributed by atoms with Gasteiger partial charge < -0.3 is 10.0 Å². The number of rotatable bonds is 2. The maximum absolute atomic E-state index is 12.6. The van der Waals surface area contributed by atoms with Crippen LogP contribution in [0.1, 0.15) is 33.6 Å². The highest BCUT2D eigenvalue weighted by Crippen LogP contribution is 2.33. The fourth-order valence-electron chi connectivity index (χ4n) is 2.01. The van der Waals surface area contributed by atoms with Crippen molar-refractivity contribution in [2.24, 2.45) is 11.3 Å². The van der Waals surface area contributed by atoms with E-state index < -0.39 is 18.2 Å². The van der Waals surface area contributed by atoms with Crippen molar-refractivity contribution in [1.29, 1.82) is 0 Å². The predicted octanol–water partition coefficient (Wildman–Crippen LogP) is 2.67. The molecule has 0 saturated carbocycles. The number of hydrogen-bond acceptors (Lipinski definition) is 2. The lowest BCUT2D eigenvalue weighted by Crippen LogP contribution is -2.47. The molecule has 1 rings (SSSR count). The van der Waals surface area contributed by atoms with E-state index in [2.05, 4.69) is 0 Å². The summed E-state index contributed by atoms with van der Waals surface area (Å²) < 4.78 is 37.8. The number of alkyl halides is 3. The first kappa shape index (κ1) is 14.8. The zero-order chi connectivity index (χ0) is 13.3. The highest BCUT2D eigenvalue weighted by molar-refractivity contribution is 4.82. The van der Waals surface area contributed by atoms with Crippen molar-refractivity contribution in [3.05, 3.63) is 0 Å². The van der Waals surface area contributed by atoms with Crippen molar-refractivity contribution in [3.63, 3.8) is 0 Å². The van der Waals surface area contributed by atoms with Gasteiger partial charge in [0.1, 0.15) is 0 Å². The lowest BCUT2D eigenvalue weighted by Gasteiger charge is -2.37. The van der Waals surface area contributed by atoms with E-state index in [1.54, 1.807) is 4.90 Å². The molecule has 0 aliphatic carbocycles. The Hall–Kier alpha value is -0.290. The van der Waals surface area contributed by atoms with E-state index >= 15 is 0 Å². The number of likely N-dealkylation sites (tertiary alicyclic amines) is 1. The molecule has 0 radical (unpaired) electrons. The molecule has 2 nitrogen and oxygen atoms in total. The molecule has 0 aromatic rings. The fraction of sp³-hybridized carbons (Fsp3) is 1.00. The average Bonchev–Trinajstić information content (AvgIpc) is 2.15. The Morgan fingerprint density at radius 2 is 1.88 bits per heavy atom. The Morgan fingerprint density at radius 1 is 1.29 bits per heavy atom. The highest BCUT2D eigenvalue weighted by Gasteiger charge is 2.42. The molecule has 2 unspecified atom stereocenters. The average molecular weight is 253 g/mol. The third-order valence-electron chi connectivity index (χ3n) is 3.40. The Balaban J connectivity index is 2.51. The molecule has 1 N–H and O–H groups in total. The Morgan fingerprint density at radius 3 is 2.35 bits per heavy atom. The summed E-state index contributed by atoms with van der Waals surface area (Å²) >= 11 is 0. The molecule has 0 spiro atoms. The summed E-state index contributed by atoms with van der Waals surface area (Å²) in [6, 6.07) is 0. The van der Waals surface area contributed by atoms with Gasteiger partial charge in [-0.2, -0.15) is 13.2 Å². The first-order valence-corrected chi connectivity index (χ1v) is 6.08. The molecule has 102 valence electrons. The topological polar surface area (TPSA) is 23.5 Å². The van der Waals surface area contributed by atoms with E-state index in [1.165, 1.54) is 0 Å².